The molecule has 2 amide bonds. The van der Waals surface area contributed by atoms with Gasteiger partial charge in [0.2, 0.25) is 11.8 Å². The molecule has 0 saturated carbocycles. The first kappa shape index (κ1) is 14.5. The van der Waals surface area contributed by atoms with E-state index in [1.165, 1.54) is 4.90 Å². The van der Waals surface area contributed by atoms with E-state index in [-0.39, 0.29) is 30.2 Å². The van der Waals surface area contributed by atoms with E-state index in [0.717, 1.165) is 5.06 Å². The molecule has 102 valence electrons. The maximum absolute atomic E-state index is 12.0. The molecular formula is C10H16N2O3S3. The molecule has 8 heteroatoms. The predicted molar refractivity (Wildman–Crippen MR) is 75.8 cm³/mol. The molecule has 2 fully saturated rings. The number of nitrogens with zero attached hydrogens (tertiary/aromatic N) is 2. The molecule has 0 radical (unpaired) electrons. The van der Waals surface area contributed by atoms with Crippen molar-refractivity contribution in [2.45, 2.75) is 41.8 Å². The summed E-state index contributed by atoms with van der Waals surface area (Å²) in [6, 6.07) is -0.309. The van der Waals surface area contributed by atoms with Crippen LogP contribution in [0.2, 0.25) is 0 Å². The summed E-state index contributed by atoms with van der Waals surface area (Å²) in [7, 11) is 0. The molecule has 2 aliphatic heterocycles. The van der Waals surface area contributed by atoms with Gasteiger partial charge in [-0.2, -0.15) is 17.7 Å². The lowest BCUT2D eigenvalue weighted by Gasteiger charge is -2.45. The van der Waals surface area contributed by atoms with E-state index in [4.69, 9.17) is 0 Å². The molecule has 2 aliphatic rings. The van der Waals surface area contributed by atoms with E-state index < -0.39 is 9.58 Å². The number of hydroxylamine groups is 2. The Balaban J connectivity index is 2.20. The second-order valence-electron chi connectivity index (χ2n) is 4.90. The Kier molecular flexibility index (Phi) is 3.95. The first-order chi connectivity index (χ1) is 8.24. The zero-order chi connectivity index (χ0) is 13.7. The minimum absolute atomic E-state index is 0.158. The Hall–Kier alpha value is 0.110. The summed E-state index contributed by atoms with van der Waals surface area (Å²) in [6.07, 6.45) is 0.964. The monoisotopic (exact) mass is 308 g/mol. The van der Waals surface area contributed by atoms with Gasteiger partial charge >= 0.3 is 0 Å². The van der Waals surface area contributed by atoms with Crippen LogP contribution in [0.3, 0.4) is 0 Å². The number of thiol groups is 3. The van der Waals surface area contributed by atoms with Crippen LogP contribution in [0.15, 0.2) is 0 Å². The summed E-state index contributed by atoms with van der Waals surface area (Å²) in [4.78, 5) is 25.1. The molecule has 2 saturated heterocycles. The van der Waals surface area contributed by atoms with Gasteiger partial charge in [0.15, 0.2) is 0 Å². The second-order valence-corrected chi connectivity index (χ2v) is 7.33. The number of hydrogen-bond donors (Lipinski definition) is 4. The van der Waals surface area contributed by atoms with Gasteiger partial charge < -0.3 is 5.21 Å². The van der Waals surface area contributed by atoms with Crippen molar-refractivity contribution in [1.82, 2.24) is 9.96 Å². The summed E-state index contributed by atoms with van der Waals surface area (Å²) in [5.41, 5.74) is 0. The van der Waals surface area contributed by atoms with Crippen molar-refractivity contribution in [3.63, 3.8) is 0 Å². The van der Waals surface area contributed by atoms with Gasteiger partial charge in [0.1, 0.15) is 4.20 Å². The van der Waals surface area contributed by atoms with Crippen LogP contribution in [-0.2, 0) is 9.59 Å². The molecule has 0 spiro atoms. The van der Waals surface area contributed by atoms with E-state index >= 15 is 0 Å². The van der Waals surface area contributed by atoms with Gasteiger partial charge in [0.05, 0.1) is 5.37 Å². The smallest absolute Gasteiger partial charge is 0.232 e. The van der Waals surface area contributed by atoms with Gasteiger partial charge in [-0.05, 0) is 6.42 Å². The highest BCUT2D eigenvalue weighted by Gasteiger charge is 2.48. The third kappa shape index (κ3) is 2.40. The third-order valence-electron chi connectivity index (χ3n) is 3.42. The fraction of sp³-hybridized carbons (Fsp3) is 0.800. The van der Waals surface area contributed by atoms with Crippen LogP contribution >= 0.6 is 37.9 Å². The number of carbonyl (C=O) groups is 2. The summed E-state index contributed by atoms with van der Waals surface area (Å²) >= 11 is 12.7. The number of hydrogen-bond acceptors (Lipinski definition) is 7. The van der Waals surface area contributed by atoms with Gasteiger partial charge in [-0.15, -0.1) is 25.3 Å². The summed E-state index contributed by atoms with van der Waals surface area (Å²) < 4.78 is -1.10. The average Bonchev–Trinajstić information content (AvgIpc) is 2.49. The molecule has 1 N–H and O–H groups in total. The van der Waals surface area contributed by atoms with Crippen LogP contribution < -0.4 is 0 Å². The van der Waals surface area contributed by atoms with Crippen LogP contribution in [0.4, 0.5) is 0 Å². The SMILES string of the molecule is CC1CC(=O)N(C2CC(S)N(O)C(S)(S)C2)C1=O. The second kappa shape index (κ2) is 4.90. The van der Waals surface area contributed by atoms with Crippen molar-refractivity contribution >= 4 is 49.7 Å². The molecule has 18 heavy (non-hydrogen) atoms. The third-order valence-corrected chi connectivity index (χ3v) is 4.62. The molecule has 0 aromatic heterocycles. The Labute approximate surface area is 122 Å². The van der Waals surface area contributed by atoms with E-state index in [0.29, 0.717) is 12.8 Å². The van der Waals surface area contributed by atoms with E-state index in [1.54, 1.807) is 6.92 Å². The number of rotatable bonds is 1. The standard InChI is InChI=1S/C10H16N2O3S3/c1-5-2-7(13)11(9(5)14)6-3-8(16)12(15)10(17,18)4-6/h5-6,8,15-18H,2-4H2,1H3. The first-order valence-electron chi connectivity index (χ1n) is 5.71. The molecule has 0 aromatic carbocycles. The number of likely N-dealkylation sites (tertiary alicyclic amines) is 1. The Morgan fingerprint density at radius 2 is 2.00 bits per heavy atom. The average molecular weight is 308 g/mol. The number of piperidine rings is 1. The van der Waals surface area contributed by atoms with E-state index in [1.807, 2.05) is 0 Å². The zero-order valence-corrected chi connectivity index (χ0v) is 12.5. The minimum Gasteiger partial charge on any atom is -0.311 e. The van der Waals surface area contributed by atoms with Crippen LogP contribution in [-0.4, -0.2) is 42.6 Å². The molecule has 0 aromatic rings. The Bertz CT molecular complexity index is 391. The van der Waals surface area contributed by atoms with Crippen molar-refractivity contribution in [3.05, 3.63) is 0 Å². The molecule has 3 atom stereocenters. The van der Waals surface area contributed by atoms with Gasteiger partial charge in [0, 0.05) is 24.8 Å². The Morgan fingerprint density at radius 1 is 1.39 bits per heavy atom. The number of carbonyl (C=O) groups excluding carboxylic acids is 2. The fourth-order valence-corrected chi connectivity index (χ4v) is 3.79. The first-order valence-corrected chi connectivity index (χ1v) is 7.12. The molecule has 2 heterocycles. The highest BCUT2D eigenvalue weighted by Crippen LogP contribution is 2.41. The largest absolute Gasteiger partial charge is 0.311 e. The maximum atomic E-state index is 12.0. The van der Waals surface area contributed by atoms with Crippen LogP contribution in [0.25, 0.3) is 0 Å². The van der Waals surface area contributed by atoms with Crippen molar-refractivity contribution < 1.29 is 14.8 Å². The van der Waals surface area contributed by atoms with Crippen LogP contribution in [0.1, 0.15) is 26.2 Å². The predicted octanol–water partition coefficient (Wildman–Crippen LogP) is 1.00. The summed E-state index contributed by atoms with van der Waals surface area (Å²) in [5.74, 6) is -0.589. The molecule has 2 rings (SSSR count). The quantitative estimate of drug-likeness (QED) is 0.332. The fourth-order valence-electron chi connectivity index (χ4n) is 2.46. The van der Waals surface area contributed by atoms with Gasteiger partial charge in [0.25, 0.3) is 0 Å². The van der Waals surface area contributed by atoms with Gasteiger partial charge in [-0.1, -0.05) is 6.92 Å². The highest BCUT2D eigenvalue weighted by atomic mass is 32.2. The normalized spacial score (nSPS) is 37.4. The number of imide groups is 1. The van der Waals surface area contributed by atoms with Crippen LogP contribution in [0, 0.1) is 5.92 Å². The lowest BCUT2D eigenvalue weighted by molar-refractivity contribution is -0.160. The minimum atomic E-state index is -1.10. The molecule has 5 nitrogen and oxygen atoms in total. The topological polar surface area (TPSA) is 60.9 Å². The van der Waals surface area contributed by atoms with E-state index in [9.17, 15) is 14.8 Å². The van der Waals surface area contributed by atoms with Crippen molar-refractivity contribution in [1.29, 1.82) is 0 Å². The van der Waals surface area contributed by atoms with Gasteiger partial charge in [-0.25, -0.2) is 0 Å². The highest BCUT2D eigenvalue weighted by molar-refractivity contribution is 8.00. The van der Waals surface area contributed by atoms with Gasteiger partial charge in [-0.3, -0.25) is 14.5 Å². The van der Waals surface area contributed by atoms with Crippen molar-refractivity contribution in [2.24, 2.45) is 5.92 Å². The Morgan fingerprint density at radius 3 is 2.44 bits per heavy atom. The van der Waals surface area contributed by atoms with Crippen LogP contribution in [0.5, 0.6) is 0 Å². The molecule has 0 aliphatic carbocycles. The lowest BCUT2D eigenvalue weighted by Crippen LogP contribution is -2.56. The summed E-state index contributed by atoms with van der Waals surface area (Å²) in [5, 5.41) is 10.2. The van der Waals surface area contributed by atoms with Crippen molar-refractivity contribution in [3.8, 4) is 0 Å². The summed E-state index contributed by atoms with van der Waals surface area (Å²) in [6.45, 7) is 1.74. The van der Waals surface area contributed by atoms with Crippen molar-refractivity contribution in [2.75, 3.05) is 0 Å². The zero-order valence-electron chi connectivity index (χ0n) is 9.85. The molecular weight excluding hydrogens is 292 g/mol. The van der Waals surface area contributed by atoms with E-state index in [2.05, 4.69) is 37.9 Å². The lowest BCUT2D eigenvalue weighted by atomic mass is 10.0. The number of amides is 2. The molecule has 0 bridgehead atoms. The molecule has 3 unspecified atom stereocenters. The maximum Gasteiger partial charge on any atom is 0.232 e.